The number of likely N-dealkylation sites (tertiary alicyclic amines) is 1. The highest BCUT2D eigenvalue weighted by Crippen LogP contribution is 2.30. The smallest absolute Gasteiger partial charge is 0.289 e. The van der Waals surface area contributed by atoms with E-state index in [2.05, 4.69) is 18.0 Å². The van der Waals surface area contributed by atoms with Gasteiger partial charge in [-0.15, -0.1) is 0 Å². The maximum atomic E-state index is 13.1. The first kappa shape index (κ1) is 20.4. The first-order valence-corrected chi connectivity index (χ1v) is 11.0. The summed E-state index contributed by atoms with van der Waals surface area (Å²) in [5.41, 5.74) is 3.90. The summed E-state index contributed by atoms with van der Waals surface area (Å²) in [6.07, 6.45) is 1.85. The molecular weight excluding hydrogens is 404 g/mol. The molecule has 3 heterocycles. The van der Waals surface area contributed by atoms with Crippen LogP contribution in [0.3, 0.4) is 0 Å². The summed E-state index contributed by atoms with van der Waals surface area (Å²) in [5, 5.41) is 0. The van der Waals surface area contributed by atoms with Crippen LogP contribution < -0.4 is 4.74 Å². The summed E-state index contributed by atoms with van der Waals surface area (Å²) < 4.78 is 17.6. The van der Waals surface area contributed by atoms with E-state index in [1.165, 1.54) is 5.56 Å². The van der Waals surface area contributed by atoms with Crippen LogP contribution in [0, 0.1) is 13.8 Å². The number of furan rings is 1. The Labute approximate surface area is 186 Å². The Morgan fingerprint density at radius 1 is 1.12 bits per heavy atom. The number of ether oxygens (including phenoxy) is 1. The van der Waals surface area contributed by atoms with E-state index >= 15 is 0 Å². The molecule has 1 saturated heterocycles. The van der Waals surface area contributed by atoms with E-state index in [9.17, 15) is 4.79 Å². The van der Waals surface area contributed by atoms with Crippen molar-refractivity contribution in [3.63, 3.8) is 0 Å². The molecule has 0 N–H and O–H groups in total. The molecule has 0 radical (unpaired) electrons. The van der Waals surface area contributed by atoms with Crippen molar-refractivity contribution < 1.29 is 18.4 Å². The molecule has 1 fully saturated rings. The minimum Gasteiger partial charge on any atom is -0.485 e. The van der Waals surface area contributed by atoms with Crippen LogP contribution in [0.4, 0.5) is 0 Å². The number of carbonyl (C=O) groups excluding carboxylic acids is 1. The van der Waals surface area contributed by atoms with Crippen LogP contribution in [-0.4, -0.2) is 28.9 Å². The molecule has 5 rings (SSSR count). The average molecular weight is 431 g/mol. The number of piperidine rings is 1. The van der Waals surface area contributed by atoms with E-state index in [-0.39, 0.29) is 18.4 Å². The normalized spacial score (nSPS) is 16.4. The molecule has 164 valence electrons. The van der Waals surface area contributed by atoms with Crippen LogP contribution in [0.25, 0.3) is 11.1 Å². The van der Waals surface area contributed by atoms with Gasteiger partial charge in [0.15, 0.2) is 17.2 Å². The molecule has 6 heteroatoms. The molecule has 2 aromatic heterocycles. The van der Waals surface area contributed by atoms with Crippen molar-refractivity contribution in [1.29, 1.82) is 0 Å². The van der Waals surface area contributed by atoms with E-state index in [4.69, 9.17) is 13.6 Å². The Morgan fingerprint density at radius 3 is 2.84 bits per heavy atom. The highest BCUT2D eigenvalue weighted by Gasteiger charge is 2.30. The lowest BCUT2D eigenvalue weighted by Crippen LogP contribution is -2.39. The highest BCUT2D eigenvalue weighted by molar-refractivity contribution is 5.91. The predicted octanol–water partition coefficient (Wildman–Crippen LogP) is 5.64. The minimum atomic E-state index is -0.108. The van der Waals surface area contributed by atoms with Crippen molar-refractivity contribution >= 4 is 17.0 Å². The number of para-hydroxylation sites is 2. The fourth-order valence-electron chi connectivity index (χ4n) is 4.26. The van der Waals surface area contributed by atoms with E-state index in [1.54, 1.807) is 12.1 Å². The number of hydrogen-bond donors (Lipinski definition) is 0. The maximum absolute atomic E-state index is 13.1. The summed E-state index contributed by atoms with van der Waals surface area (Å²) >= 11 is 0. The molecule has 0 spiro atoms. The van der Waals surface area contributed by atoms with Crippen molar-refractivity contribution in [3.05, 3.63) is 83.1 Å². The molecule has 0 saturated carbocycles. The second-order valence-corrected chi connectivity index (χ2v) is 8.43. The van der Waals surface area contributed by atoms with Gasteiger partial charge in [0.2, 0.25) is 0 Å². The summed E-state index contributed by atoms with van der Waals surface area (Å²) in [7, 11) is 0. The van der Waals surface area contributed by atoms with Gasteiger partial charge in [0, 0.05) is 13.1 Å². The number of fused-ring (bicyclic) bond motifs is 1. The SMILES string of the molecule is Cc1ccc(OCc2ccc(C(=O)N3CCCC(c4nc5ccccc5o4)C3)o2)c(C)c1. The Balaban J connectivity index is 1.24. The molecule has 1 aliphatic heterocycles. The van der Waals surface area contributed by atoms with Gasteiger partial charge in [-0.1, -0.05) is 29.8 Å². The second kappa shape index (κ2) is 8.54. The molecule has 6 nitrogen and oxygen atoms in total. The van der Waals surface area contributed by atoms with Crippen molar-refractivity contribution in [2.45, 2.75) is 39.2 Å². The largest absolute Gasteiger partial charge is 0.485 e. The van der Waals surface area contributed by atoms with Gasteiger partial charge in [0.05, 0.1) is 5.92 Å². The van der Waals surface area contributed by atoms with Gasteiger partial charge in [-0.25, -0.2) is 4.98 Å². The van der Waals surface area contributed by atoms with Gasteiger partial charge < -0.3 is 18.5 Å². The number of nitrogens with zero attached hydrogens (tertiary/aromatic N) is 2. The Morgan fingerprint density at radius 2 is 2.00 bits per heavy atom. The molecule has 1 aliphatic rings. The lowest BCUT2D eigenvalue weighted by atomic mass is 9.98. The van der Waals surface area contributed by atoms with Crippen LogP contribution in [0.1, 0.15) is 52.1 Å². The quantitative estimate of drug-likeness (QED) is 0.410. The zero-order chi connectivity index (χ0) is 22.1. The van der Waals surface area contributed by atoms with Gasteiger partial charge in [0.1, 0.15) is 23.6 Å². The van der Waals surface area contributed by atoms with Crippen LogP contribution >= 0.6 is 0 Å². The molecule has 32 heavy (non-hydrogen) atoms. The van der Waals surface area contributed by atoms with Crippen molar-refractivity contribution in [1.82, 2.24) is 9.88 Å². The van der Waals surface area contributed by atoms with Crippen molar-refractivity contribution in [3.8, 4) is 5.75 Å². The summed E-state index contributed by atoms with van der Waals surface area (Å²) in [4.78, 5) is 19.5. The monoisotopic (exact) mass is 430 g/mol. The molecule has 1 atom stereocenters. The number of carbonyl (C=O) groups is 1. The van der Waals surface area contributed by atoms with Gasteiger partial charge in [0.25, 0.3) is 5.91 Å². The fraction of sp³-hybridized carbons (Fsp3) is 0.308. The first-order chi connectivity index (χ1) is 15.6. The second-order valence-electron chi connectivity index (χ2n) is 8.43. The number of aromatic nitrogens is 1. The molecule has 4 aromatic rings. The summed E-state index contributed by atoms with van der Waals surface area (Å²) in [6.45, 7) is 5.62. The number of amides is 1. The van der Waals surface area contributed by atoms with Crippen LogP contribution in [0.2, 0.25) is 0 Å². The topological polar surface area (TPSA) is 68.7 Å². The average Bonchev–Trinajstić information content (AvgIpc) is 3.45. The van der Waals surface area contributed by atoms with Crippen LogP contribution in [0.15, 0.2) is 63.4 Å². The van der Waals surface area contributed by atoms with Gasteiger partial charge >= 0.3 is 0 Å². The third kappa shape index (κ3) is 4.13. The maximum Gasteiger partial charge on any atom is 0.289 e. The number of oxazole rings is 1. The lowest BCUT2D eigenvalue weighted by molar-refractivity contribution is 0.0662. The zero-order valence-electron chi connectivity index (χ0n) is 18.3. The molecule has 0 bridgehead atoms. The predicted molar refractivity (Wildman–Crippen MR) is 121 cm³/mol. The molecule has 0 aliphatic carbocycles. The summed E-state index contributed by atoms with van der Waals surface area (Å²) in [5.74, 6) is 2.46. The van der Waals surface area contributed by atoms with Crippen molar-refractivity contribution in [2.75, 3.05) is 13.1 Å². The van der Waals surface area contributed by atoms with Gasteiger partial charge in [-0.2, -0.15) is 0 Å². The Kier molecular flexibility index (Phi) is 5.43. The van der Waals surface area contributed by atoms with Crippen molar-refractivity contribution in [2.24, 2.45) is 0 Å². The minimum absolute atomic E-state index is 0.0855. The van der Waals surface area contributed by atoms with Gasteiger partial charge in [-0.3, -0.25) is 4.79 Å². The Bertz CT molecular complexity index is 1220. The third-order valence-electron chi connectivity index (χ3n) is 5.94. The number of hydrogen-bond acceptors (Lipinski definition) is 5. The van der Waals surface area contributed by atoms with Gasteiger partial charge in [-0.05, 0) is 62.6 Å². The van der Waals surface area contributed by atoms with E-state index < -0.39 is 0 Å². The molecule has 1 unspecified atom stereocenters. The fourth-order valence-corrected chi connectivity index (χ4v) is 4.26. The van der Waals surface area contributed by atoms with Crippen LogP contribution in [0.5, 0.6) is 5.75 Å². The van der Waals surface area contributed by atoms with E-state index in [1.807, 2.05) is 48.2 Å². The standard InChI is InChI=1S/C26H26N2O4/c1-17-9-11-22(18(2)14-17)30-16-20-10-12-24(31-20)26(29)28-13-5-6-19(15-28)25-27-21-7-3-4-8-23(21)32-25/h3-4,7-12,14,19H,5-6,13,15-16H2,1-2H3. The number of benzene rings is 2. The zero-order valence-corrected chi connectivity index (χ0v) is 18.3. The number of rotatable bonds is 5. The van der Waals surface area contributed by atoms with Crippen LogP contribution in [-0.2, 0) is 6.61 Å². The van der Waals surface area contributed by atoms with E-state index in [0.29, 0.717) is 30.5 Å². The Hall–Kier alpha value is -3.54. The molecule has 2 aromatic carbocycles. The molecular formula is C26H26N2O4. The third-order valence-corrected chi connectivity index (χ3v) is 5.94. The lowest BCUT2D eigenvalue weighted by Gasteiger charge is -2.30. The highest BCUT2D eigenvalue weighted by atomic mass is 16.5. The van der Waals surface area contributed by atoms with E-state index in [0.717, 1.165) is 35.3 Å². The molecule has 1 amide bonds. The first-order valence-electron chi connectivity index (χ1n) is 11.0. The number of aryl methyl sites for hydroxylation is 2. The summed E-state index contributed by atoms with van der Waals surface area (Å²) in [6, 6.07) is 17.3.